The molecule has 0 bridgehead atoms. The highest BCUT2D eigenvalue weighted by atomic mass is 19.1. The van der Waals surface area contributed by atoms with E-state index in [-0.39, 0.29) is 16.9 Å². The first-order valence-corrected chi connectivity index (χ1v) is 6.40. The van der Waals surface area contributed by atoms with Gasteiger partial charge in [-0.25, -0.2) is 4.39 Å². The molecule has 1 N–H and O–H groups in total. The van der Waals surface area contributed by atoms with Crippen molar-refractivity contribution in [3.05, 3.63) is 40.4 Å². The Labute approximate surface area is 110 Å². The molecule has 1 saturated heterocycles. The maximum atomic E-state index is 13.6. The van der Waals surface area contributed by atoms with Crippen LogP contribution in [-0.2, 0) is 0 Å². The molecule has 100 valence electrons. The number of rotatable bonds is 1. The van der Waals surface area contributed by atoms with Crippen LogP contribution < -0.4 is 10.5 Å². The molecule has 5 heteroatoms. The van der Waals surface area contributed by atoms with E-state index in [9.17, 15) is 9.18 Å². The molecule has 0 radical (unpaired) electrons. The van der Waals surface area contributed by atoms with Crippen LogP contribution in [0.15, 0.2) is 29.1 Å². The first kappa shape index (κ1) is 12.2. The van der Waals surface area contributed by atoms with Gasteiger partial charge in [-0.3, -0.25) is 4.79 Å². The first-order chi connectivity index (χ1) is 9.15. The lowest BCUT2D eigenvalue weighted by Crippen LogP contribution is -2.46. The van der Waals surface area contributed by atoms with Gasteiger partial charge < -0.3 is 14.8 Å². The van der Waals surface area contributed by atoms with Crippen molar-refractivity contribution < 1.29 is 4.39 Å². The van der Waals surface area contributed by atoms with Gasteiger partial charge in [0, 0.05) is 31.6 Å². The molecule has 1 fully saturated rings. The summed E-state index contributed by atoms with van der Waals surface area (Å²) in [5.74, 6) is -0.389. The lowest BCUT2D eigenvalue weighted by Gasteiger charge is -2.33. The molecule has 2 aromatic rings. The van der Waals surface area contributed by atoms with Crippen molar-refractivity contribution in [3.8, 4) is 0 Å². The van der Waals surface area contributed by atoms with Crippen molar-refractivity contribution >= 4 is 16.6 Å². The molecule has 0 saturated carbocycles. The molecule has 0 unspecified atom stereocenters. The maximum absolute atomic E-state index is 13.6. The Balaban J connectivity index is 2.05. The van der Waals surface area contributed by atoms with E-state index in [1.807, 2.05) is 6.07 Å². The zero-order chi connectivity index (χ0) is 13.4. The van der Waals surface area contributed by atoms with Crippen LogP contribution in [0, 0.1) is 5.82 Å². The summed E-state index contributed by atoms with van der Waals surface area (Å²) >= 11 is 0. The third kappa shape index (κ3) is 2.21. The minimum absolute atomic E-state index is 0.220. The van der Waals surface area contributed by atoms with Crippen LogP contribution >= 0.6 is 0 Å². The molecule has 0 aliphatic carbocycles. The zero-order valence-electron chi connectivity index (χ0n) is 10.8. The van der Waals surface area contributed by atoms with Crippen LogP contribution in [0.4, 0.5) is 10.1 Å². The number of nitrogens with zero attached hydrogens (tertiary/aromatic N) is 2. The van der Waals surface area contributed by atoms with E-state index in [1.54, 1.807) is 12.1 Å². The standard InChI is InChI=1S/C14H16FN3O/c1-17-5-7-18(8-6-17)12-9-10-3-2-4-11(15)13(10)16-14(12)19/h2-4,9H,5-8H2,1H3,(H,16,19). The van der Waals surface area contributed by atoms with Crippen molar-refractivity contribution in [2.45, 2.75) is 0 Å². The number of halogens is 1. The number of benzene rings is 1. The van der Waals surface area contributed by atoms with Gasteiger partial charge in [-0.15, -0.1) is 0 Å². The largest absolute Gasteiger partial charge is 0.365 e. The number of hydrogen-bond donors (Lipinski definition) is 1. The fourth-order valence-electron chi connectivity index (χ4n) is 2.47. The molecular weight excluding hydrogens is 245 g/mol. The Morgan fingerprint density at radius 2 is 1.95 bits per heavy atom. The summed E-state index contributed by atoms with van der Waals surface area (Å²) in [5.41, 5.74) is 0.693. The van der Waals surface area contributed by atoms with Crippen LogP contribution in [0.3, 0.4) is 0 Å². The highest BCUT2D eigenvalue weighted by Gasteiger charge is 2.17. The predicted molar refractivity (Wildman–Crippen MR) is 74.2 cm³/mol. The van der Waals surface area contributed by atoms with Gasteiger partial charge in [0.1, 0.15) is 11.5 Å². The summed E-state index contributed by atoms with van der Waals surface area (Å²) in [7, 11) is 2.07. The van der Waals surface area contributed by atoms with E-state index >= 15 is 0 Å². The van der Waals surface area contributed by atoms with Crippen molar-refractivity contribution in [2.24, 2.45) is 0 Å². The molecule has 3 rings (SSSR count). The van der Waals surface area contributed by atoms with Gasteiger partial charge in [0.2, 0.25) is 0 Å². The molecule has 0 atom stereocenters. The third-order valence-electron chi connectivity index (χ3n) is 3.65. The molecule has 2 heterocycles. The fourth-order valence-corrected chi connectivity index (χ4v) is 2.47. The molecule has 0 spiro atoms. The second kappa shape index (κ2) is 4.66. The lowest BCUT2D eigenvalue weighted by atomic mass is 10.2. The summed E-state index contributed by atoms with van der Waals surface area (Å²) in [5, 5.41) is 0.730. The molecule has 4 nitrogen and oxygen atoms in total. The average molecular weight is 261 g/mol. The van der Waals surface area contributed by atoms with Gasteiger partial charge in [0.25, 0.3) is 5.56 Å². The summed E-state index contributed by atoms with van der Waals surface area (Å²) in [6.45, 7) is 3.50. The Morgan fingerprint density at radius 1 is 1.21 bits per heavy atom. The van der Waals surface area contributed by atoms with Crippen LogP contribution in [-0.4, -0.2) is 43.1 Å². The number of aromatic amines is 1. The van der Waals surface area contributed by atoms with Gasteiger partial charge in [0.15, 0.2) is 0 Å². The highest BCUT2D eigenvalue weighted by molar-refractivity contribution is 5.82. The Kier molecular flexibility index (Phi) is 2.98. The molecular formula is C14H16FN3O. The van der Waals surface area contributed by atoms with Crippen molar-refractivity contribution in [2.75, 3.05) is 38.1 Å². The van der Waals surface area contributed by atoms with Crippen LogP contribution in [0.1, 0.15) is 0 Å². The second-order valence-corrected chi connectivity index (χ2v) is 4.98. The molecule has 1 aliphatic rings. The SMILES string of the molecule is CN1CCN(c2cc3cccc(F)c3[nH]c2=O)CC1. The van der Waals surface area contributed by atoms with E-state index < -0.39 is 0 Å². The maximum Gasteiger partial charge on any atom is 0.272 e. The lowest BCUT2D eigenvalue weighted by molar-refractivity contribution is 0.312. The second-order valence-electron chi connectivity index (χ2n) is 4.98. The van der Waals surface area contributed by atoms with Gasteiger partial charge in [-0.05, 0) is 19.2 Å². The van der Waals surface area contributed by atoms with Gasteiger partial charge in [-0.1, -0.05) is 12.1 Å². The van der Waals surface area contributed by atoms with Crippen molar-refractivity contribution in [3.63, 3.8) is 0 Å². The summed E-state index contributed by atoms with van der Waals surface area (Å²) in [6, 6.07) is 6.61. The number of H-pyrrole nitrogens is 1. The monoisotopic (exact) mass is 261 g/mol. The van der Waals surface area contributed by atoms with Crippen LogP contribution in [0.25, 0.3) is 10.9 Å². The Hall–Kier alpha value is -1.88. The molecule has 1 aromatic carbocycles. The summed E-state index contributed by atoms with van der Waals surface area (Å²) in [4.78, 5) is 19.0. The molecule has 1 aromatic heterocycles. The minimum Gasteiger partial charge on any atom is -0.365 e. The Bertz CT molecular complexity index is 659. The van der Waals surface area contributed by atoms with Crippen molar-refractivity contribution in [1.82, 2.24) is 9.88 Å². The van der Waals surface area contributed by atoms with Crippen LogP contribution in [0.2, 0.25) is 0 Å². The third-order valence-corrected chi connectivity index (χ3v) is 3.65. The number of hydrogen-bond acceptors (Lipinski definition) is 3. The zero-order valence-corrected chi connectivity index (χ0v) is 10.8. The predicted octanol–water partition coefficient (Wildman–Crippen LogP) is 1.42. The average Bonchev–Trinajstić information content (AvgIpc) is 2.40. The van der Waals surface area contributed by atoms with Gasteiger partial charge in [0.05, 0.1) is 5.52 Å². The number of nitrogens with one attached hydrogen (secondary N) is 1. The normalized spacial score (nSPS) is 17.1. The van der Waals surface area contributed by atoms with Gasteiger partial charge >= 0.3 is 0 Å². The smallest absolute Gasteiger partial charge is 0.272 e. The number of aromatic nitrogens is 1. The van der Waals surface area contributed by atoms with E-state index in [4.69, 9.17) is 0 Å². The summed E-state index contributed by atoms with van der Waals surface area (Å²) in [6.07, 6.45) is 0. The molecule has 0 amide bonds. The van der Waals surface area contributed by atoms with Gasteiger partial charge in [-0.2, -0.15) is 0 Å². The topological polar surface area (TPSA) is 39.3 Å². The highest BCUT2D eigenvalue weighted by Crippen LogP contribution is 2.19. The Morgan fingerprint density at radius 3 is 2.68 bits per heavy atom. The van der Waals surface area contributed by atoms with E-state index in [0.717, 1.165) is 31.6 Å². The molecule has 1 aliphatic heterocycles. The number of anilines is 1. The number of pyridine rings is 1. The van der Waals surface area contributed by atoms with E-state index in [2.05, 4.69) is 21.8 Å². The van der Waals surface area contributed by atoms with Crippen LogP contribution in [0.5, 0.6) is 0 Å². The molecule has 19 heavy (non-hydrogen) atoms. The number of para-hydroxylation sites is 1. The van der Waals surface area contributed by atoms with E-state index in [0.29, 0.717) is 5.69 Å². The van der Waals surface area contributed by atoms with E-state index in [1.165, 1.54) is 6.07 Å². The number of likely N-dealkylation sites (N-methyl/N-ethyl adjacent to an activating group) is 1. The number of fused-ring (bicyclic) bond motifs is 1. The minimum atomic E-state index is -0.389. The summed E-state index contributed by atoms with van der Waals surface area (Å²) < 4.78 is 13.6. The first-order valence-electron chi connectivity index (χ1n) is 6.40. The van der Waals surface area contributed by atoms with Crippen molar-refractivity contribution in [1.29, 1.82) is 0 Å². The fraction of sp³-hybridized carbons (Fsp3) is 0.357. The quantitative estimate of drug-likeness (QED) is 0.844. The number of piperazine rings is 1.